The Morgan fingerprint density at radius 3 is 2.43 bits per heavy atom. The number of carboxylic acids is 1. The molecule has 2 aromatic rings. The Kier molecular flexibility index (Phi) is 3.97. The lowest BCUT2D eigenvalue weighted by molar-refractivity contribution is 0.0697. The molecule has 2 amide bonds. The third-order valence-electron chi connectivity index (χ3n) is 2.25. The first-order valence-corrected chi connectivity index (χ1v) is 5.41. The summed E-state index contributed by atoms with van der Waals surface area (Å²) in [4.78, 5) is 26.2. The number of rotatable bonds is 3. The van der Waals surface area contributed by atoms with Crippen LogP contribution >= 0.6 is 0 Å². The van der Waals surface area contributed by atoms with E-state index in [4.69, 9.17) is 5.11 Å². The quantitative estimate of drug-likeness (QED) is 0.789. The van der Waals surface area contributed by atoms with E-state index in [0.29, 0.717) is 12.1 Å². The van der Waals surface area contributed by atoms with Gasteiger partial charge in [0.1, 0.15) is 0 Å². The van der Waals surface area contributed by atoms with E-state index in [-0.39, 0.29) is 5.95 Å². The van der Waals surface area contributed by atoms with Gasteiger partial charge in [-0.05, 0) is 6.07 Å². The number of carbonyl (C=O) groups is 2. The van der Waals surface area contributed by atoms with E-state index in [0.717, 1.165) is 0 Å². The van der Waals surface area contributed by atoms with Gasteiger partial charge in [0.25, 0.3) is 5.95 Å². The van der Waals surface area contributed by atoms with Gasteiger partial charge in [-0.3, -0.25) is 5.32 Å². The number of carbonyl (C=O) groups excluding carboxylic acids is 1. The van der Waals surface area contributed by atoms with Crippen molar-refractivity contribution in [1.29, 1.82) is 0 Å². The first kappa shape index (κ1) is 14.2. The molecule has 0 fully saturated rings. The number of halogens is 2. The molecule has 10 heteroatoms. The predicted molar refractivity (Wildman–Crippen MR) is 65.8 cm³/mol. The van der Waals surface area contributed by atoms with E-state index < -0.39 is 34.9 Å². The summed E-state index contributed by atoms with van der Waals surface area (Å²) in [6.45, 7) is 0. The number of urea groups is 1. The molecule has 8 nitrogen and oxygen atoms in total. The van der Waals surface area contributed by atoms with E-state index in [1.165, 1.54) is 12.4 Å². The lowest BCUT2D eigenvalue weighted by Gasteiger charge is -2.09. The van der Waals surface area contributed by atoms with Gasteiger partial charge in [0.2, 0.25) is 0 Å². The van der Waals surface area contributed by atoms with Crippen LogP contribution < -0.4 is 10.6 Å². The number of nitrogens with zero attached hydrogens (tertiary/aromatic N) is 3. The number of hydrogen-bond donors (Lipinski definition) is 3. The highest BCUT2D eigenvalue weighted by Gasteiger charge is 2.17. The fraction of sp³-hybridized carbons (Fsp3) is 0. The molecule has 21 heavy (non-hydrogen) atoms. The maximum absolute atomic E-state index is 13.1. The molecule has 0 atom stereocenters. The van der Waals surface area contributed by atoms with Gasteiger partial charge in [0, 0.05) is 6.07 Å². The maximum Gasteiger partial charge on any atom is 0.337 e. The summed E-state index contributed by atoms with van der Waals surface area (Å²) >= 11 is 0. The van der Waals surface area contributed by atoms with Crippen molar-refractivity contribution in [2.45, 2.75) is 0 Å². The van der Waals surface area contributed by atoms with Gasteiger partial charge in [0.15, 0.2) is 11.6 Å². The first-order chi connectivity index (χ1) is 9.97. The largest absolute Gasteiger partial charge is 0.478 e. The summed E-state index contributed by atoms with van der Waals surface area (Å²) < 4.78 is 26.1. The van der Waals surface area contributed by atoms with Gasteiger partial charge in [-0.25, -0.2) is 23.4 Å². The van der Waals surface area contributed by atoms with E-state index in [1.807, 2.05) is 0 Å². The molecule has 1 aromatic heterocycles. The SMILES string of the molecule is O=C(Nc1nccnn1)Nc1cc(F)c(F)cc1C(=O)O. The molecule has 108 valence electrons. The number of carboxylic acid groups (broad SMARTS) is 1. The molecule has 0 saturated heterocycles. The van der Waals surface area contributed by atoms with E-state index >= 15 is 0 Å². The Morgan fingerprint density at radius 2 is 1.81 bits per heavy atom. The first-order valence-electron chi connectivity index (χ1n) is 5.41. The van der Waals surface area contributed by atoms with Crippen LogP contribution in [0.4, 0.5) is 25.2 Å². The second-order valence-electron chi connectivity index (χ2n) is 3.66. The Bertz CT molecular complexity index is 696. The summed E-state index contributed by atoms with van der Waals surface area (Å²) in [7, 11) is 0. The summed E-state index contributed by atoms with van der Waals surface area (Å²) in [5.74, 6) is -4.31. The lowest BCUT2D eigenvalue weighted by Crippen LogP contribution is -2.22. The molecule has 0 aliphatic carbocycles. The van der Waals surface area contributed by atoms with E-state index in [9.17, 15) is 18.4 Å². The summed E-state index contributed by atoms with van der Waals surface area (Å²) in [5, 5.41) is 20.0. The van der Waals surface area contributed by atoms with Crippen LogP contribution in [0.1, 0.15) is 10.4 Å². The van der Waals surface area contributed by atoms with E-state index in [1.54, 1.807) is 0 Å². The smallest absolute Gasteiger partial charge is 0.337 e. The molecule has 0 aliphatic heterocycles. The minimum absolute atomic E-state index is 0.144. The highest BCUT2D eigenvalue weighted by atomic mass is 19.2. The van der Waals surface area contributed by atoms with Crippen LogP contribution in [0, 0.1) is 11.6 Å². The second-order valence-corrected chi connectivity index (χ2v) is 3.66. The van der Waals surface area contributed by atoms with Gasteiger partial charge < -0.3 is 10.4 Å². The van der Waals surface area contributed by atoms with Crippen molar-refractivity contribution < 1.29 is 23.5 Å². The number of anilines is 2. The summed E-state index contributed by atoms with van der Waals surface area (Å²) in [6, 6.07) is 0.0903. The Labute approximate surface area is 115 Å². The molecular weight excluding hydrogens is 288 g/mol. The highest BCUT2D eigenvalue weighted by Crippen LogP contribution is 2.20. The van der Waals surface area contributed by atoms with Crippen LogP contribution in [-0.2, 0) is 0 Å². The van der Waals surface area contributed by atoms with Gasteiger partial charge >= 0.3 is 12.0 Å². The minimum Gasteiger partial charge on any atom is -0.478 e. The molecule has 0 spiro atoms. The molecule has 0 aliphatic rings. The normalized spacial score (nSPS) is 10.0. The van der Waals surface area contributed by atoms with Crippen molar-refractivity contribution in [3.63, 3.8) is 0 Å². The van der Waals surface area contributed by atoms with Crippen molar-refractivity contribution >= 4 is 23.6 Å². The van der Waals surface area contributed by atoms with Crippen LogP contribution in [0.5, 0.6) is 0 Å². The average Bonchev–Trinajstić information content (AvgIpc) is 2.43. The lowest BCUT2D eigenvalue weighted by atomic mass is 10.1. The molecular formula is C11H7F2N5O3. The van der Waals surface area contributed by atoms with Crippen molar-refractivity contribution in [1.82, 2.24) is 15.2 Å². The van der Waals surface area contributed by atoms with Crippen LogP contribution in [-0.4, -0.2) is 32.3 Å². The van der Waals surface area contributed by atoms with Crippen molar-refractivity contribution in [2.24, 2.45) is 0 Å². The zero-order chi connectivity index (χ0) is 15.4. The summed E-state index contributed by atoms with van der Waals surface area (Å²) in [5.41, 5.74) is -1.01. The number of nitrogens with one attached hydrogen (secondary N) is 2. The van der Waals surface area contributed by atoms with Gasteiger partial charge in [-0.2, -0.15) is 5.10 Å². The Hall–Kier alpha value is -3.17. The van der Waals surface area contributed by atoms with E-state index in [2.05, 4.69) is 25.8 Å². The third kappa shape index (κ3) is 3.43. The molecule has 0 unspecified atom stereocenters. The Balaban J connectivity index is 2.21. The molecule has 2 rings (SSSR count). The van der Waals surface area contributed by atoms with Crippen LogP contribution in [0.3, 0.4) is 0 Å². The van der Waals surface area contributed by atoms with Gasteiger partial charge in [0.05, 0.1) is 23.6 Å². The van der Waals surface area contributed by atoms with Crippen LogP contribution in [0.25, 0.3) is 0 Å². The predicted octanol–water partition coefficient (Wildman–Crippen LogP) is 1.49. The number of hydrogen-bond acceptors (Lipinski definition) is 5. The van der Waals surface area contributed by atoms with Crippen molar-refractivity contribution in [2.75, 3.05) is 10.6 Å². The molecule has 0 bridgehead atoms. The number of aromatic nitrogens is 3. The minimum atomic E-state index is -1.53. The number of benzene rings is 1. The van der Waals surface area contributed by atoms with Crippen LogP contribution in [0.15, 0.2) is 24.5 Å². The molecule has 0 saturated carbocycles. The van der Waals surface area contributed by atoms with Gasteiger partial charge in [-0.1, -0.05) is 0 Å². The zero-order valence-electron chi connectivity index (χ0n) is 10.2. The molecule has 3 N–H and O–H groups in total. The highest BCUT2D eigenvalue weighted by molar-refractivity contribution is 6.04. The summed E-state index contributed by atoms with van der Waals surface area (Å²) in [6.07, 6.45) is 2.55. The second kappa shape index (κ2) is 5.86. The standard InChI is InChI=1S/C11H7F2N5O3/c12-6-3-5(9(19)20)8(4-7(6)13)16-11(21)17-10-14-1-2-15-18-10/h1-4H,(H,19,20)(H2,14,16,17,18,21). The average molecular weight is 295 g/mol. The fourth-order valence-corrected chi connectivity index (χ4v) is 1.39. The Morgan fingerprint density at radius 1 is 1.10 bits per heavy atom. The fourth-order valence-electron chi connectivity index (χ4n) is 1.39. The number of aromatic carboxylic acids is 1. The molecule has 0 radical (unpaired) electrons. The topological polar surface area (TPSA) is 117 Å². The third-order valence-corrected chi connectivity index (χ3v) is 2.25. The molecule has 1 heterocycles. The molecule has 1 aromatic carbocycles. The van der Waals surface area contributed by atoms with Crippen LogP contribution in [0.2, 0.25) is 0 Å². The van der Waals surface area contributed by atoms with Crippen molar-refractivity contribution in [3.8, 4) is 0 Å². The van der Waals surface area contributed by atoms with Crippen molar-refractivity contribution in [3.05, 3.63) is 41.7 Å². The monoisotopic (exact) mass is 295 g/mol. The van der Waals surface area contributed by atoms with Gasteiger partial charge in [-0.15, -0.1) is 5.10 Å². The number of amides is 2. The maximum atomic E-state index is 13.1. The zero-order valence-corrected chi connectivity index (χ0v) is 10.2.